The summed E-state index contributed by atoms with van der Waals surface area (Å²) < 4.78 is 19.9. The Morgan fingerprint density at radius 1 is 0.970 bits per heavy atom. The number of nitrogens with one attached hydrogen (secondary N) is 1. The minimum Gasteiger partial charge on any atom is -0.488 e. The molecule has 1 saturated heterocycles. The lowest BCUT2D eigenvalue weighted by Crippen LogP contribution is -2.62. The summed E-state index contributed by atoms with van der Waals surface area (Å²) in [4.78, 5) is 2.22. The monoisotopic (exact) mass is 448 g/mol. The summed E-state index contributed by atoms with van der Waals surface area (Å²) in [6, 6.07) is 18.6. The highest BCUT2D eigenvalue weighted by Crippen LogP contribution is 2.34. The first-order chi connectivity index (χ1) is 15.6. The van der Waals surface area contributed by atoms with E-state index in [1.165, 1.54) is 12.1 Å². The van der Waals surface area contributed by atoms with E-state index in [0.717, 1.165) is 29.8 Å². The molecule has 0 saturated carbocycles. The van der Waals surface area contributed by atoms with Crippen molar-refractivity contribution in [1.82, 2.24) is 15.5 Å². The van der Waals surface area contributed by atoms with Gasteiger partial charge in [-0.15, -0.1) is 10.2 Å². The lowest BCUT2D eigenvalue weighted by atomic mass is 9.79. The molecule has 1 N–H and O–H groups in total. The van der Waals surface area contributed by atoms with Crippen molar-refractivity contribution >= 4 is 5.82 Å². The van der Waals surface area contributed by atoms with Gasteiger partial charge in [0.15, 0.2) is 5.82 Å². The maximum absolute atomic E-state index is 14.0. The summed E-state index contributed by atoms with van der Waals surface area (Å²) in [5, 5.41) is 12.7. The van der Waals surface area contributed by atoms with Crippen LogP contribution in [-0.4, -0.2) is 34.4 Å². The number of ether oxygens (including phenoxy) is 1. The molecule has 33 heavy (non-hydrogen) atoms. The van der Waals surface area contributed by atoms with Gasteiger partial charge in [0.25, 0.3) is 0 Å². The van der Waals surface area contributed by atoms with E-state index in [0.29, 0.717) is 24.1 Å². The predicted octanol–water partition coefficient (Wildman–Crippen LogP) is 5.61. The largest absolute Gasteiger partial charge is 0.488 e. The van der Waals surface area contributed by atoms with Crippen molar-refractivity contribution in [2.75, 3.05) is 11.9 Å². The molecule has 0 bridgehead atoms. The Hall–Kier alpha value is -2.99. The summed E-state index contributed by atoms with van der Waals surface area (Å²) in [5.41, 5.74) is 2.49. The quantitative estimate of drug-likeness (QED) is 0.531. The Morgan fingerprint density at radius 3 is 2.30 bits per heavy atom. The second kappa shape index (κ2) is 9.10. The van der Waals surface area contributed by atoms with Crippen LogP contribution in [0, 0.1) is 5.82 Å². The van der Waals surface area contributed by atoms with Crippen molar-refractivity contribution in [1.29, 1.82) is 0 Å². The normalized spacial score (nSPS) is 17.5. The minimum absolute atomic E-state index is 0.0488. The molecule has 2 heterocycles. The molecule has 0 aliphatic carbocycles. The first kappa shape index (κ1) is 23.2. The Morgan fingerprint density at radius 2 is 1.67 bits per heavy atom. The Kier molecular flexibility index (Phi) is 6.39. The molecule has 1 aromatic heterocycles. The highest BCUT2D eigenvalue weighted by Gasteiger charge is 2.39. The number of piperidine rings is 1. The molecule has 1 fully saturated rings. The van der Waals surface area contributed by atoms with Crippen LogP contribution in [0.4, 0.5) is 10.2 Å². The van der Waals surface area contributed by atoms with Gasteiger partial charge >= 0.3 is 0 Å². The van der Waals surface area contributed by atoms with Crippen molar-refractivity contribution in [2.24, 2.45) is 0 Å². The van der Waals surface area contributed by atoms with Crippen LogP contribution >= 0.6 is 0 Å². The number of aromatic nitrogens is 2. The Labute approximate surface area is 196 Å². The highest BCUT2D eigenvalue weighted by molar-refractivity contribution is 5.67. The fourth-order valence-electron chi connectivity index (χ4n) is 4.95. The van der Waals surface area contributed by atoms with Crippen LogP contribution in [0.25, 0.3) is 11.3 Å². The smallest absolute Gasteiger partial charge is 0.151 e. The van der Waals surface area contributed by atoms with Crippen molar-refractivity contribution in [2.45, 2.75) is 64.3 Å². The van der Waals surface area contributed by atoms with E-state index in [1.807, 2.05) is 42.5 Å². The zero-order valence-electron chi connectivity index (χ0n) is 20.1. The van der Waals surface area contributed by atoms with Gasteiger partial charge in [-0.3, -0.25) is 0 Å². The lowest BCUT2D eigenvalue weighted by molar-refractivity contribution is 0.160. The molecule has 0 radical (unpaired) electrons. The number of halogens is 1. The van der Waals surface area contributed by atoms with E-state index < -0.39 is 0 Å². The number of rotatable bonds is 6. The van der Waals surface area contributed by atoms with Crippen LogP contribution in [0.3, 0.4) is 0 Å². The van der Waals surface area contributed by atoms with Crippen LogP contribution in [0.5, 0.6) is 5.75 Å². The molecule has 0 amide bonds. The maximum Gasteiger partial charge on any atom is 0.151 e. The highest BCUT2D eigenvalue weighted by atomic mass is 19.1. The van der Waals surface area contributed by atoms with Crippen molar-refractivity contribution in [3.8, 4) is 17.0 Å². The van der Waals surface area contributed by atoms with Gasteiger partial charge in [0.1, 0.15) is 18.2 Å². The molecule has 0 atom stereocenters. The maximum atomic E-state index is 14.0. The molecule has 4 rings (SSSR count). The van der Waals surface area contributed by atoms with E-state index >= 15 is 0 Å². The number of benzene rings is 2. The summed E-state index contributed by atoms with van der Waals surface area (Å²) in [7, 11) is 2.08. The molecule has 3 aromatic rings. The van der Waals surface area contributed by atoms with Crippen molar-refractivity contribution in [3.63, 3.8) is 0 Å². The summed E-state index contributed by atoms with van der Waals surface area (Å²) >= 11 is 0. The lowest BCUT2D eigenvalue weighted by Gasteiger charge is -2.49. The molecule has 2 aromatic carbocycles. The first-order valence-corrected chi connectivity index (χ1v) is 11.4. The van der Waals surface area contributed by atoms with E-state index in [-0.39, 0.29) is 16.9 Å². The molecule has 0 spiro atoms. The second-order valence-electron chi connectivity index (χ2n) is 10.3. The van der Waals surface area contributed by atoms with E-state index in [4.69, 9.17) is 4.74 Å². The number of hydrogen-bond donors (Lipinski definition) is 1. The molecule has 0 unspecified atom stereocenters. The Balaban J connectivity index is 1.53. The van der Waals surface area contributed by atoms with Gasteiger partial charge in [0.2, 0.25) is 0 Å². The topological polar surface area (TPSA) is 50.3 Å². The van der Waals surface area contributed by atoms with E-state index in [1.54, 1.807) is 6.07 Å². The second-order valence-corrected chi connectivity index (χ2v) is 10.3. The van der Waals surface area contributed by atoms with Crippen molar-refractivity contribution < 1.29 is 9.13 Å². The summed E-state index contributed by atoms with van der Waals surface area (Å²) in [6.45, 7) is 9.33. The van der Waals surface area contributed by atoms with Crippen LogP contribution in [-0.2, 0) is 6.61 Å². The molecular formula is C27H33FN4O. The fraction of sp³-hybridized carbons (Fsp3) is 0.407. The number of hydrogen-bond acceptors (Lipinski definition) is 5. The first-order valence-electron chi connectivity index (χ1n) is 11.4. The van der Waals surface area contributed by atoms with Gasteiger partial charge in [-0.2, -0.15) is 0 Å². The zero-order chi connectivity index (χ0) is 23.6. The van der Waals surface area contributed by atoms with Gasteiger partial charge < -0.3 is 15.0 Å². The van der Waals surface area contributed by atoms with Crippen LogP contribution < -0.4 is 15.0 Å². The third-order valence-electron chi connectivity index (χ3n) is 6.18. The summed E-state index contributed by atoms with van der Waals surface area (Å²) in [5.74, 6) is 0.935. The average molecular weight is 449 g/mol. The van der Waals surface area contributed by atoms with Crippen molar-refractivity contribution in [3.05, 3.63) is 72.0 Å². The van der Waals surface area contributed by atoms with Gasteiger partial charge in [-0.25, -0.2) is 4.39 Å². The third-order valence-corrected chi connectivity index (χ3v) is 6.18. The van der Waals surface area contributed by atoms with E-state index in [2.05, 4.69) is 55.2 Å². The van der Waals surface area contributed by atoms with Crippen LogP contribution in [0.2, 0.25) is 0 Å². The standard InChI is InChI=1S/C27H33FN4O/c1-26(2)16-21(17-27(3,4)31-26)32(5)25-14-13-23(29-30-25)22-12-11-20(28)15-24(22)33-18-19-9-7-6-8-10-19/h6-15,21,31H,16-18H2,1-5H3. The molecule has 6 heteroatoms. The van der Waals surface area contributed by atoms with Crippen LogP contribution in [0.15, 0.2) is 60.7 Å². The minimum atomic E-state index is -0.345. The van der Waals surface area contributed by atoms with Gasteiger partial charge in [0, 0.05) is 35.8 Å². The van der Waals surface area contributed by atoms with E-state index in [9.17, 15) is 4.39 Å². The Bertz CT molecular complexity index is 1070. The van der Waals surface area contributed by atoms with Crippen LogP contribution in [0.1, 0.15) is 46.1 Å². The molecule has 174 valence electrons. The molecule has 1 aliphatic heterocycles. The van der Waals surface area contributed by atoms with Gasteiger partial charge in [-0.05, 0) is 70.4 Å². The fourth-order valence-corrected chi connectivity index (χ4v) is 4.95. The SMILES string of the molecule is CN(c1ccc(-c2ccc(F)cc2OCc2ccccc2)nn1)C1CC(C)(C)NC(C)(C)C1. The summed E-state index contributed by atoms with van der Waals surface area (Å²) in [6.07, 6.45) is 2.04. The molecular weight excluding hydrogens is 415 g/mol. The van der Waals surface area contributed by atoms with Gasteiger partial charge in [-0.1, -0.05) is 30.3 Å². The predicted molar refractivity (Wildman–Crippen MR) is 131 cm³/mol. The zero-order valence-corrected chi connectivity index (χ0v) is 20.1. The molecule has 1 aliphatic rings. The number of anilines is 1. The molecule has 5 nitrogen and oxygen atoms in total. The van der Waals surface area contributed by atoms with Gasteiger partial charge in [0.05, 0.1) is 5.69 Å². The average Bonchev–Trinajstić information content (AvgIpc) is 2.76. The number of nitrogens with zero attached hydrogens (tertiary/aromatic N) is 3. The third kappa shape index (κ3) is 5.69.